The lowest BCUT2D eigenvalue weighted by Crippen LogP contribution is -2.21. The minimum atomic E-state index is -0.383. The molecule has 0 unspecified atom stereocenters. The number of ether oxygens (including phenoxy) is 1. The zero-order chi connectivity index (χ0) is 12.4. The van der Waals surface area contributed by atoms with E-state index in [0.717, 1.165) is 12.8 Å². The molecular weight excluding hydrogens is 230 g/mol. The van der Waals surface area contributed by atoms with Gasteiger partial charge in [-0.1, -0.05) is 18.6 Å². The molecule has 1 aromatic carbocycles. The van der Waals surface area contributed by atoms with E-state index in [2.05, 4.69) is 4.98 Å². The molecule has 3 rings (SSSR count). The summed E-state index contributed by atoms with van der Waals surface area (Å²) in [5.41, 5.74) is 0.242. The molecule has 0 aliphatic heterocycles. The average Bonchev–Trinajstić information content (AvgIpc) is 2.40. The van der Waals surface area contributed by atoms with E-state index >= 15 is 0 Å². The van der Waals surface area contributed by atoms with Gasteiger partial charge in [0.05, 0.1) is 10.9 Å². The highest BCUT2D eigenvalue weighted by atomic mass is 16.6. The zero-order valence-corrected chi connectivity index (χ0v) is 10.1. The third-order valence-corrected chi connectivity index (χ3v) is 3.34. The second-order valence-corrected chi connectivity index (χ2v) is 4.66. The van der Waals surface area contributed by atoms with Crippen LogP contribution >= 0.6 is 0 Å². The van der Waals surface area contributed by atoms with Gasteiger partial charge in [-0.3, -0.25) is 0 Å². The normalized spacial score (nSPS) is 16.9. The molecule has 1 saturated carbocycles. The van der Waals surface area contributed by atoms with Crippen LogP contribution in [0.5, 0.6) is 6.08 Å². The van der Waals surface area contributed by atoms with Gasteiger partial charge in [0, 0.05) is 0 Å². The first-order chi connectivity index (χ1) is 8.83. The fraction of sp³-hybridized carbons (Fsp3) is 0.429. The van der Waals surface area contributed by atoms with Gasteiger partial charge in [0.25, 0.3) is 0 Å². The topological polar surface area (TPSA) is 52.3 Å². The van der Waals surface area contributed by atoms with Crippen LogP contribution in [-0.2, 0) is 0 Å². The smallest absolute Gasteiger partial charge is 0.397 e. The van der Waals surface area contributed by atoms with Gasteiger partial charge >= 0.3 is 11.7 Å². The summed E-state index contributed by atoms with van der Waals surface area (Å²) in [4.78, 5) is 16.0. The van der Waals surface area contributed by atoms with Crippen LogP contribution in [0.25, 0.3) is 10.9 Å². The summed E-state index contributed by atoms with van der Waals surface area (Å²) >= 11 is 0. The summed E-state index contributed by atoms with van der Waals surface area (Å²) in [6.45, 7) is 0. The molecule has 0 atom stereocenters. The van der Waals surface area contributed by atoms with Crippen LogP contribution < -0.4 is 10.4 Å². The van der Waals surface area contributed by atoms with Crippen LogP contribution in [0, 0.1) is 0 Å². The molecule has 0 bridgehead atoms. The molecule has 0 N–H and O–H groups in total. The first-order valence-electron chi connectivity index (χ1n) is 6.39. The van der Waals surface area contributed by atoms with Crippen LogP contribution in [0.15, 0.2) is 33.5 Å². The summed E-state index contributed by atoms with van der Waals surface area (Å²) in [6, 6.07) is 7.14. The summed E-state index contributed by atoms with van der Waals surface area (Å²) < 4.78 is 10.8. The van der Waals surface area contributed by atoms with E-state index in [4.69, 9.17) is 9.15 Å². The van der Waals surface area contributed by atoms with Crippen molar-refractivity contribution in [2.75, 3.05) is 0 Å². The zero-order valence-electron chi connectivity index (χ0n) is 10.1. The fourth-order valence-electron chi connectivity index (χ4n) is 2.38. The van der Waals surface area contributed by atoms with Gasteiger partial charge in [-0.2, -0.15) is 4.98 Å². The largest absolute Gasteiger partial charge is 0.447 e. The Hall–Kier alpha value is -1.84. The Morgan fingerprint density at radius 2 is 1.94 bits per heavy atom. The summed E-state index contributed by atoms with van der Waals surface area (Å²) in [7, 11) is 0. The highest BCUT2D eigenvalue weighted by Crippen LogP contribution is 2.22. The van der Waals surface area contributed by atoms with Gasteiger partial charge in [-0.15, -0.1) is 0 Å². The Kier molecular flexibility index (Phi) is 3.00. The first-order valence-corrected chi connectivity index (χ1v) is 6.39. The maximum Gasteiger partial charge on any atom is 0.397 e. The molecule has 4 nitrogen and oxygen atoms in total. The number of hydrogen-bond acceptors (Lipinski definition) is 4. The minimum absolute atomic E-state index is 0.102. The van der Waals surface area contributed by atoms with Gasteiger partial charge in [0.2, 0.25) is 0 Å². The molecule has 0 saturated heterocycles. The van der Waals surface area contributed by atoms with Gasteiger partial charge in [-0.05, 0) is 37.8 Å². The first kappa shape index (κ1) is 11.3. The van der Waals surface area contributed by atoms with Crippen LogP contribution in [0.4, 0.5) is 0 Å². The molecule has 1 fully saturated rings. The number of benzene rings is 1. The molecule has 4 heteroatoms. The second kappa shape index (κ2) is 4.80. The lowest BCUT2D eigenvalue weighted by atomic mass is 9.98. The van der Waals surface area contributed by atoms with E-state index in [-0.39, 0.29) is 17.8 Å². The van der Waals surface area contributed by atoms with E-state index < -0.39 is 0 Å². The molecule has 0 radical (unpaired) electrons. The lowest BCUT2D eigenvalue weighted by Gasteiger charge is -2.21. The van der Waals surface area contributed by atoms with E-state index in [1.54, 1.807) is 18.2 Å². The molecule has 18 heavy (non-hydrogen) atoms. The number of fused-ring (bicyclic) bond motifs is 1. The van der Waals surface area contributed by atoms with Crippen molar-refractivity contribution in [2.24, 2.45) is 0 Å². The quantitative estimate of drug-likeness (QED) is 0.816. The van der Waals surface area contributed by atoms with Crippen molar-refractivity contribution in [1.82, 2.24) is 4.98 Å². The van der Waals surface area contributed by atoms with Crippen molar-refractivity contribution in [3.8, 4) is 6.08 Å². The third-order valence-electron chi connectivity index (χ3n) is 3.34. The van der Waals surface area contributed by atoms with E-state index in [9.17, 15) is 4.79 Å². The molecule has 0 amide bonds. The molecule has 2 aromatic rings. The van der Waals surface area contributed by atoms with Gasteiger partial charge in [0.1, 0.15) is 6.10 Å². The minimum Gasteiger partial charge on any atom is -0.447 e. The molecule has 1 heterocycles. The van der Waals surface area contributed by atoms with Crippen molar-refractivity contribution in [1.29, 1.82) is 0 Å². The molecule has 1 aliphatic carbocycles. The van der Waals surface area contributed by atoms with E-state index in [0.29, 0.717) is 10.9 Å². The van der Waals surface area contributed by atoms with Gasteiger partial charge < -0.3 is 9.15 Å². The number of aromatic nitrogens is 1. The van der Waals surface area contributed by atoms with Crippen LogP contribution in [0.3, 0.4) is 0 Å². The molecule has 1 aromatic heterocycles. The second-order valence-electron chi connectivity index (χ2n) is 4.66. The number of hydrogen-bond donors (Lipinski definition) is 0. The van der Waals surface area contributed by atoms with Crippen LogP contribution in [0.2, 0.25) is 0 Å². The number of para-hydroxylation sites is 1. The predicted molar refractivity (Wildman–Crippen MR) is 67.8 cm³/mol. The standard InChI is InChI=1S/C14H15NO3/c16-13-11-8-4-5-9-12(11)15-14(18-13)17-10-6-2-1-3-7-10/h4-5,8-10H,1-3,6-7H2. The number of rotatable bonds is 2. The monoisotopic (exact) mass is 245 g/mol. The predicted octanol–water partition coefficient (Wildman–Crippen LogP) is 2.90. The molecule has 0 spiro atoms. The Morgan fingerprint density at radius 1 is 1.17 bits per heavy atom. The van der Waals surface area contributed by atoms with Crippen molar-refractivity contribution < 1.29 is 9.15 Å². The van der Waals surface area contributed by atoms with Crippen molar-refractivity contribution in [3.63, 3.8) is 0 Å². The third kappa shape index (κ3) is 2.23. The molecule has 1 aliphatic rings. The Bertz CT molecular complexity index is 599. The summed E-state index contributed by atoms with van der Waals surface area (Å²) in [5.74, 6) is 0. The van der Waals surface area contributed by atoms with Crippen molar-refractivity contribution >= 4 is 10.9 Å². The SMILES string of the molecule is O=c1oc(OC2CCCCC2)nc2ccccc12. The van der Waals surface area contributed by atoms with E-state index in [1.165, 1.54) is 19.3 Å². The van der Waals surface area contributed by atoms with Crippen molar-refractivity contribution in [3.05, 3.63) is 34.7 Å². The Balaban J connectivity index is 1.90. The maximum absolute atomic E-state index is 11.8. The highest BCUT2D eigenvalue weighted by molar-refractivity contribution is 5.76. The van der Waals surface area contributed by atoms with Gasteiger partial charge in [-0.25, -0.2) is 4.79 Å². The Morgan fingerprint density at radius 3 is 2.78 bits per heavy atom. The molecular formula is C14H15NO3. The van der Waals surface area contributed by atoms with E-state index in [1.807, 2.05) is 6.07 Å². The lowest BCUT2D eigenvalue weighted by molar-refractivity contribution is 0.107. The highest BCUT2D eigenvalue weighted by Gasteiger charge is 2.17. The summed E-state index contributed by atoms with van der Waals surface area (Å²) in [6.07, 6.45) is 5.86. The van der Waals surface area contributed by atoms with Crippen molar-refractivity contribution in [2.45, 2.75) is 38.2 Å². The van der Waals surface area contributed by atoms with Gasteiger partial charge in [0.15, 0.2) is 0 Å². The number of nitrogens with zero attached hydrogens (tertiary/aromatic N) is 1. The maximum atomic E-state index is 11.8. The van der Waals surface area contributed by atoms with Crippen LogP contribution in [-0.4, -0.2) is 11.1 Å². The molecule has 94 valence electrons. The van der Waals surface area contributed by atoms with Crippen LogP contribution in [0.1, 0.15) is 32.1 Å². The fourth-order valence-corrected chi connectivity index (χ4v) is 2.38. The summed E-state index contributed by atoms with van der Waals surface area (Å²) in [5, 5.41) is 0.494. The Labute approximate surface area is 105 Å². The average molecular weight is 245 g/mol.